The number of hydrogen-bond donors (Lipinski definition) is 6. The van der Waals surface area contributed by atoms with Crippen LogP contribution in [0.3, 0.4) is 0 Å². The summed E-state index contributed by atoms with van der Waals surface area (Å²) >= 11 is 1.48. The normalized spacial score (nSPS) is 40.3. The monoisotopic (exact) mass is 662 g/mol. The molecule has 1 amide bonds. The Labute approximate surface area is 276 Å². The second-order valence-corrected chi connectivity index (χ2v) is 16.4. The number of aromatic hydroxyl groups is 1. The molecular weight excluding hydrogens is 620 g/mol. The molecule has 6 fully saturated rings. The smallest absolute Gasteiger partial charge is 0.230 e. The molecule has 6 saturated carbocycles. The highest BCUT2D eigenvalue weighted by atomic mass is 32.1. The molecule has 7 aliphatic rings. The van der Waals surface area contributed by atoms with Gasteiger partial charge in [0.2, 0.25) is 5.91 Å². The summed E-state index contributed by atoms with van der Waals surface area (Å²) in [7, 11) is 3.28. The molecule has 47 heavy (non-hydrogen) atoms. The molecule has 1 aromatic carbocycles. The van der Waals surface area contributed by atoms with Crippen molar-refractivity contribution in [2.45, 2.75) is 75.0 Å². The van der Waals surface area contributed by atoms with E-state index in [2.05, 4.69) is 10.7 Å². The van der Waals surface area contributed by atoms with Crippen LogP contribution in [0.5, 0.6) is 5.75 Å². The Morgan fingerprint density at radius 1 is 1.04 bits per heavy atom. The van der Waals surface area contributed by atoms with E-state index in [4.69, 9.17) is 10.7 Å². The van der Waals surface area contributed by atoms with Gasteiger partial charge in [0, 0.05) is 34.2 Å². The number of nitrogens with zero attached hydrogens (tertiary/aromatic N) is 2. The first-order valence-electron chi connectivity index (χ1n) is 16.7. The number of nitrogens with two attached hydrogens (primary N) is 1. The molecule has 4 bridgehead atoms. The van der Waals surface area contributed by atoms with Crippen molar-refractivity contribution < 1.29 is 34.8 Å². The number of carbonyl (C=O) groups excluding carboxylic acids is 3. The minimum Gasteiger partial charge on any atom is -0.507 e. The summed E-state index contributed by atoms with van der Waals surface area (Å²) in [5.41, 5.74) is 7.51. The van der Waals surface area contributed by atoms with Gasteiger partial charge >= 0.3 is 0 Å². The molecule has 7 N–H and O–H groups in total. The zero-order valence-corrected chi connectivity index (χ0v) is 27.5. The molecule has 2 aromatic rings. The number of Topliss-reactive ketones (excluding diaryl/α,β-unsaturated/α-hetero) is 2. The zero-order valence-electron chi connectivity index (χ0n) is 26.7. The zero-order chi connectivity index (χ0) is 33.3. The van der Waals surface area contributed by atoms with Crippen molar-refractivity contribution in [3.8, 4) is 5.75 Å². The number of thiazole rings is 1. The van der Waals surface area contributed by atoms with Gasteiger partial charge in [-0.05, 0) is 87.9 Å². The second kappa shape index (κ2) is 10.6. The van der Waals surface area contributed by atoms with E-state index in [1.165, 1.54) is 49.9 Å². The van der Waals surface area contributed by atoms with E-state index >= 15 is 0 Å². The van der Waals surface area contributed by atoms with Gasteiger partial charge in [0.15, 0.2) is 16.7 Å². The van der Waals surface area contributed by atoms with Crippen LogP contribution in [0.2, 0.25) is 0 Å². The third-order valence-electron chi connectivity index (χ3n) is 12.7. The number of phenols is 1. The van der Waals surface area contributed by atoms with E-state index in [0.717, 1.165) is 23.4 Å². The molecule has 8 atom stereocenters. The van der Waals surface area contributed by atoms with Crippen LogP contribution in [0, 0.1) is 41.4 Å². The highest BCUT2D eigenvalue weighted by molar-refractivity contribution is 7.13. The van der Waals surface area contributed by atoms with E-state index in [1.807, 2.05) is 0 Å². The lowest BCUT2D eigenvalue weighted by molar-refractivity contribution is -0.166. The maximum Gasteiger partial charge on any atom is 0.230 e. The fraction of sp³-hybridized carbons (Fsp3) is 0.600. The number of aliphatic hydroxyl groups is 3. The third kappa shape index (κ3) is 4.33. The predicted octanol–water partition coefficient (Wildman–Crippen LogP) is 3.21. The molecule has 250 valence electrons. The van der Waals surface area contributed by atoms with Gasteiger partial charge in [-0.1, -0.05) is 13.0 Å². The summed E-state index contributed by atoms with van der Waals surface area (Å²) in [6, 6.07) is 2.55. The quantitative estimate of drug-likeness (QED) is 0.205. The summed E-state index contributed by atoms with van der Waals surface area (Å²) in [6.45, 7) is 1.80. The molecule has 1 aromatic heterocycles. The van der Waals surface area contributed by atoms with E-state index < -0.39 is 71.1 Å². The van der Waals surface area contributed by atoms with E-state index in [1.54, 1.807) is 38.1 Å². The number of anilines is 2. The van der Waals surface area contributed by atoms with Crippen molar-refractivity contribution in [2.75, 3.05) is 19.4 Å². The van der Waals surface area contributed by atoms with Crippen molar-refractivity contribution >= 4 is 45.4 Å². The maximum atomic E-state index is 14.2. The topological polar surface area (TPSA) is 186 Å². The predicted molar refractivity (Wildman–Crippen MR) is 174 cm³/mol. The Balaban J connectivity index is 1.14. The second-order valence-electron chi connectivity index (χ2n) is 15.5. The number of ketones is 2. The Bertz CT molecular complexity index is 1700. The van der Waals surface area contributed by atoms with Crippen LogP contribution in [0.15, 0.2) is 23.1 Å². The average Bonchev–Trinajstić information content (AvgIpc) is 3.47. The number of carbonyl (C=O) groups is 3. The first kappa shape index (κ1) is 31.0. The molecular formula is C35H42N4O7S. The van der Waals surface area contributed by atoms with Crippen LogP contribution >= 0.6 is 11.3 Å². The van der Waals surface area contributed by atoms with Gasteiger partial charge < -0.3 is 36.4 Å². The first-order valence-corrected chi connectivity index (χ1v) is 17.6. The van der Waals surface area contributed by atoms with Gasteiger partial charge in [0.25, 0.3) is 0 Å². The number of phenolic OH excluding ortho intramolecular Hbond substituents is 1. The molecule has 0 saturated heterocycles. The van der Waals surface area contributed by atoms with E-state index in [-0.39, 0.29) is 22.3 Å². The fourth-order valence-electron chi connectivity index (χ4n) is 11.2. The first-order chi connectivity index (χ1) is 22.3. The van der Waals surface area contributed by atoms with Crippen molar-refractivity contribution in [2.24, 2.45) is 47.2 Å². The minimum absolute atomic E-state index is 0.0597. The summed E-state index contributed by atoms with van der Waals surface area (Å²) in [4.78, 5) is 46.7. The van der Waals surface area contributed by atoms with Gasteiger partial charge in [-0.3, -0.25) is 14.4 Å². The largest absolute Gasteiger partial charge is 0.507 e. The highest BCUT2D eigenvalue weighted by Gasteiger charge is 2.63. The lowest BCUT2D eigenvalue weighted by atomic mass is 9.49. The molecule has 0 spiro atoms. The molecule has 11 nitrogen and oxygen atoms in total. The number of amides is 1. The van der Waals surface area contributed by atoms with Crippen molar-refractivity contribution in [1.29, 1.82) is 0 Å². The van der Waals surface area contributed by atoms with Gasteiger partial charge in [0.05, 0.1) is 35.1 Å². The number of nitrogens with one attached hydrogen (secondary N) is 1. The highest BCUT2D eigenvalue weighted by Crippen LogP contribution is 2.61. The Kier molecular flexibility index (Phi) is 6.98. The van der Waals surface area contributed by atoms with Crippen molar-refractivity contribution in [1.82, 2.24) is 9.88 Å². The van der Waals surface area contributed by atoms with Crippen LogP contribution in [-0.2, 0) is 19.8 Å². The Hall–Kier alpha value is -3.32. The number of fused-ring (bicyclic) bond motifs is 3. The van der Waals surface area contributed by atoms with Crippen LogP contribution in [-0.4, -0.2) is 80.1 Å². The minimum atomic E-state index is -1.64. The van der Waals surface area contributed by atoms with E-state index in [0.29, 0.717) is 16.4 Å². The lowest BCUT2D eigenvalue weighted by Gasteiger charge is -2.56. The fourth-order valence-corrected chi connectivity index (χ4v) is 12.0. The maximum absolute atomic E-state index is 14.2. The standard InChI is InChI=1S/C35H42N4O7S/c1-13-17-4-5-18(37-34-38-19(12-47-34)35-9-14-6-15(10-35)8-16(7-14)11-35)27(40)21(17)29(42)23-20(13)28(41)22-24(30(23)43)31(44)25(33(36)46)32(45)26(22)39(2)3/h4-5,12-16,20,22,24-26,28,32,40-42,45H,6-11H2,1-3H3,(H2,36,46)(H,37,38)/t13-,14?,15?,16?,20?,22?,24?,25?,26?,28-,32?,35?/m0/s1. The molecule has 0 radical (unpaired) electrons. The number of aliphatic hydroxyl groups excluding tert-OH is 3. The van der Waals surface area contributed by atoms with Gasteiger partial charge in [-0.2, -0.15) is 0 Å². The SMILES string of the molecule is C[C@H]1c2ccc(Nc3nc(C45CC6CC(CC(C6)C4)C5)cs3)c(O)c2C(O)=C2C(=O)C3C(=O)C(C(N)=O)C(O)C(N(C)C)C3[C@@H](O)C21. The lowest BCUT2D eigenvalue weighted by Crippen LogP contribution is -2.68. The average molecular weight is 663 g/mol. The van der Waals surface area contributed by atoms with Crippen molar-refractivity contribution in [3.05, 3.63) is 39.9 Å². The summed E-state index contributed by atoms with van der Waals surface area (Å²) in [5, 5.41) is 52.2. The molecule has 12 heteroatoms. The molecule has 6 unspecified atom stereocenters. The summed E-state index contributed by atoms with van der Waals surface area (Å²) in [5.74, 6) is -6.70. The molecule has 7 aliphatic carbocycles. The van der Waals surface area contributed by atoms with Crippen LogP contribution < -0.4 is 11.1 Å². The molecule has 9 rings (SSSR count). The number of primary amides is 1. The Morgan fingerprint density at radius 3 is 2.28 bits per heavy atom. The number of benzene rings is 1. The number of likely N-dealkylation sites (N-methyl/N-ethyl adjacent to an activating group) is 1. The number of rotatable bonds is 5. The third-order valence-corrected chi connectivity index (χ3v) is 13.4. The van der Waals surface area contributed by atoms with Crippen LogP contribution in [0.1, 0.15) is 68.2 Å². The summed E-state index contributed by atoms with van der Waals surface area (Å²) < 4.78 is 0. The molecule has 1 heterocycles. The van der Waals surface area contributed by atoms with Crippen molar-refractivity contribution in [3.63, 3.8) is 0 Å². The van der Waals surface area contributed by atoms with Gasteiger partial charge in [-0.15, -0.1) is 11.3 Å². The van der Waals surface area contributed by atoms with Crippen LogP contribution in [0.4, 0.5) is 10.8 Å². The van der Waals surface area contributed by atoms with Crippen LogP contribution in [0.25, 0.3) is 5.76 Å². The number of hydrogen-bond acceptors (Lipinski definition) is 11. The summed E-state index contributed by atoms with van der Waals surface area (Å²) in [6.07, 6.45) is 4.74. The molecule has 0 aliphatic heterocycles. The van der Waals surface area contributed by atoms with Gasteiger partial charge in [-0.25, -0.2) is 4.98 Å². The number of aromatic nitrogens is 1. The Morgan fingerprint density at radius 2 is 1.68 bits per heavy atom. The van der Waals surface area contributed by atoms with E-state index in [9.17, 15) is 34.8 Å². The van der Waals surface area contributed by atoms with Gasteiger partial charge in [0.1, 0.15) is 17.4 Å².